The molecule has 1 fully saturated rings. The van der Waals surface area contributed by atoms with Crippen LogP contribution in [0.25, 0.3) is 0 Å². The van der Waals surface area contributed by atoms with Gasteiger partial charge in [0.15, 0.2) is 0 Å². The molecule has 112 valence electrons. The van der Waals surface area contributed by atoms with Crippen LogP contribution in [0.4, 0.5) is 4.39 Å². The van der Waals surface area contributed by atoms with Gasteiger partial charge in [-0.2, -0.15) is 0 Å². The van der Waals surface area contributed by atoms with Crippen LogP contribution in [-0.4, -0.2) is 13.1 Å². The molecule has 1 N–H and O–H groups in total. The van der Waals surface area contributed by atoms with E-state index in [4.69, 9.17) is 0 Å². The van der Waals surface area contributed by atoms with E-state index in [-0.39, 0.29) is 5.82 Å². The van der Waals surface area contributed by atoms with Gasteiger partial charge in [0.2, 0.25) is 0 Å². The van der Waals surface area contributed by atoms with Crippen LogP contribution in [-0.2, 0) is 6.42 Å². The topological polar surface area (TPSA) is 12.0 Å². The fraction of sp³-hybridized carbons (Fsp3) is 0.647. The molecule has 1 aromatic carbocycles. The van der Waals surface area contributed by atoms with E-state index in [1.165, 1.54) is 44.6 Å². The molecule has 0 spiro atoms. The molecule has 1 aromatic rings. The number of hydrogen-bond donors (Lipinski definition) is 1. The molecule has 0 unspecified atom stereocenters. The van der Waals surface area contributed by atoms with Crippen LogP contribution in [0.15, 0.2) is 22.7 Å². The van der Waals surface area contributed by atoms with E-state index in [1.807, 2.05) is 0 Å². The Kier molecular flexibility index (Phi) is 6.03. The number of rotatable bonds is 6. The lowest BCUT2D eigenvalue weighted by Crippen LogP contribution is -2.38. The molecule has 1 saturated carbocycles. The zero-order valence-corrected chi connectivity index (χ0v) is 13.9. The first-order valence-corrected chi connectivity index (χ1v) is 8.58. The zero-order chi connectivity index (χ0) is 14.4. The average Bonchev–Trinajstić information content (AvgIpc) is 2.38. The zero-order valence-electron chi connectivity index (χ0n) is 12.4. The largest absolute Gasteiger partial charge is 0.316 e. The molecule has 0 amide bonds. The Labute approximate surface area is 130 Å². The van der Waals surface area contributed by atoms with E-state index in [0.29, 0.717) is 5.41 Å². The predicted octanol–water partition coefficient (Wildman–Crippen LogP) is 5.08. The average molecular weight is 342 g/mol. The third-order valence-corrected chi connectivity index (χ3v) is 4.80. The van der Waals surface area contributed by atoms with E-state index in [0.717, 1.165) is 29.5 Å². The van der Waals surface area contributed by atoms with Gasteiger partial charge in [0, 0.05) is 11.0 Å². The smallest absolute Gasteiger partial charge is 0.124 e. The summed E-state index contributed by atoms with van der Waals surface area (Å²) in [4.78, 5) is 0. The molecule has 1 nitrogen and oxygen atoms in total. The molecule has 0 radical (unpaired) electrons. The lowest BCUT2D eigenvalue weighted by molar-refractivity contribution is 0.181. The summed E-state index contributed by atoms with van der Waals surface area (Å²) in [6.45, 7) is 4.34. The Hall–Kier alpha value is -0.410. The second kappa shape index (κ2) is 7.56. The van der Waals surface area contributed by atoms with Crippen molar-refractivity contribution in [1.29, 1.82) is 0 Å². The molecule has 0 saturated heterocycles. The Morgan fingerprint density at radius 2 is 1.95 bits per heavy atom. The normalized spacial score (nSPS) is 18.1. The highest BCUT2D eigenvalue weighted by atomic mass is 79.9. The van der Waals surface area contributed by atoms with E-state index < -0.39 is 0 Å². The van der Waals surface area contributed by atoms with Crippen LogP contribution >= 0.6 is 15.9 Å². The summed E-state index contributed by atoms with van der Waals surface area (Å²) < 4.78 is 14.4. The number of benzene rings is 1. The molecule has 1 aliphatic rings. The third kappa shape index (κ3) is 4.56. The van der Waals surface area contributed by atoms with Gasteiger partial charge < -0.3 is 5.32 Å². The van der Waals surface area contributed by atoms with Crippen LogP contribution < -0.4 is 5.32 Å². The molecule has 20 heavy (non-hydrogen) atoms. The van der Waals surface area contributed by atoms with Gasteiger partial charge in [0.25, 0.3) is 0 Å². The molecule has 0 aliphatic heterocycles. The molecular weight excluding hydrogens is 317 g/mol. The van der Waals surface area contributed by atoms with Crippen molar-refractivity contribution in [1.82, 2.24) is 5.32 Å². The van der Waals surface area contributed by atoms with Gasteiger partial charge in [0.1, 0.15) is 5.82 Å². The Balaban J connectivity index is 2.09. The van der Waals surface area contributed by atoms with Crippen molar-refractivity contribution in [3.63, 3.8) is 0 Å². The van der Waals surface area contributed by atoms with Crippen LogP contribution in [0.2, 0.25) is 0 Å². The van der Waals surface area contributed by atoms with E-state index in [9.17, 15) is 4.39 Å². The maximum absolute atomic E-state index is 13.6. The number of halogens is 2. The molecular formula is C17H25BrFN. The summed E-state index contributed by atoms with van der Waals surface area (Å²) in [6.07, 6.45) is 8.65. The van der Waals surface area contributed by atoms with E-state index in [2.05, 4.69) is 34.2 Å². The van der Waals surface area contributed by atoms with Crippen molar-refractivity contribution in [2.24, 2.45) is 5.41 Å². The molecule has 0 aromatic heterocycles. The van der Waals surface area contributed by atoms with Gasteiger partial charge in [-0.1, -0.05) is 42.1 Å². The number of hydrogen-bond acceptors (Lipinski definition) is 1. The minimum Gasteiger partial charge on any atom is -0.316 e. The standard InChI is InChI=1S/C17H25BrFN/c1-2-8-20-13-17(6-4-3-5-7-17)12-14-9-15(18)11-16(19)10-14/h9-11,20H,2-8,12-13H2,1H3. The summed E-state index contributed by atoms with van der Waals surface area (Å²) in [7, 11) is 0. The van der Waals surface area contributed by atoms with Gasteiger partial charge in [0.05, 0.1) is 0 Å². The van der Waals surface area contributed by atoms with Crippen LogP contribution in [0, 0.1) is 11.2 Å². The van der Waals surface area contributed by atoms with Crippen molar-refractivity contribution < 1.29 is 4.39 Å². The second-order valence-electron chi connectivity index (χ2n) is 6.19. The Morgan fingerprint density at radius 1 is 1.20 bits per heavy atom. The van der Waals surface area contributed by atoms with Crippen LogP contribution in [0.1, 0.15) is 51.0 Å². The monoisotopic (exact) mass is 341 g/mol. The van der Waals surface area contributed by atoms with Crippen molar-refractivity contribution in [3.8, 4) is 0 Å². The van der Waals surface area contributed by atoms with Crippen molar-refractivity contribution in [2.75, 3.05) is 13.1 Å². The number of nitrogens with one attached hydrogen (secondary N) is 1. The summed E-state index contributed by atoms with van der Waals surface area (Å²) in [5, 5.41) is 3.59. The Morgan fingerprint density at radius 3 is 2.60 bits per heavy atom. The third-order valence-electron chi connectivity index (χ3n) is 4.34. The van der Waals surface area contributed by atoms with Gasteiger partial charge in [-0.3, -0.25) is 0 Å². The van der Waals surface area contributed by atoms with Gasteiger partial charge in [-0.25, -0.2) is 4.39 Å². The van der Waals surface area contributed by atoms with Gasteiger partial charge >= 0.3 is 0 Å². The van der Waals surface area contributed by atoms with E-state index >= 15 is 0 Å². The van der Waals surface area contributed by atoms with Gasteiger partial charge in [-0.15, -0.1) is 0 Å². The summed E-state index contributed by atoms with van der Waals surface area (Å²) in [5.41, 5.74) is 1.44. The lowest BCUT2D eigenvalue weighted by atomic mass is 9.70. The van der Waals surface area contributed by atoms with Crippen molar-refractivity contribution in [2.45, 2.75) is 51.9 Å². The fourth-order valence-corrected chi connectivity index (χ4v) is 3.91. The summed E-state index contributed by atoms with van der Waals surface area (Å²) >= 11 is 3.40. The molecule has 0 heterocycles. The fourth-order valence-electron chi connectivity index (χ4n) is 3.39. The molecule has 0 atom stereocenters. The second-order valence-corrected chi connectivity index (χ2v) is 7.11. The lowest BCUT2D eigenvalue weighted by Gasteiger charge is -2.38. The molecule has 3 heteroatoms. The minimum atomic E-state index is -0.137. The highest BCUT2D eigenvalue weighted by molar-refractivity contribution is 9.10. The van der Waals surface area contributed by atoms with Crippen LogP contribution in [0.3, 0.4) is 0 Å². The molecule has 1 aliphatic carbocycles. The van der Waals surface area contributed by atoms with Crippen molar-refractivity contribution >= 4 is 15.9 Å². The SMILES string of the molecule is CCCNCC1(Cc2cc(F)cc(Br)c2)CCCCC1. The van der Waals surface area contributed by atoms with Gasteiger partial charge in [-0.05, 0) is 61.4 Å². The molecule has 0 bridgehead atoms. The maximum Gasteiger partial charge on any atom is 0.124 e. The summed E-state index contributed by atoms with van der Waals surface area (Å²) in [6, 6.07) is 5.30. The first-order chi connectivity index (χ1) is 9.63. The first kappa shape index (κ1) is 16.0. The highest BCUT2D eigenvalue weighted by Gasteiger charge is 2.31. The maximum atomic E-state index is 13.6. The Bertz CT molecular complexity index is 407. The quantitative estimate of drug-likeness (QED) is 0.711. The minimum absolute atomic E-state index is 0.137. The van der Waals surface area contributed by atoms with E-state index in [1.54, 1.807) is 6.07 Å². The molecule has 2 rings (SSSR count). The highest BCUT2D eigenvalue weighted by Crippen LogP contribution is 2.39. The first-order valence-electron chi connectivity index (χ1n) is 7.79. The predicted molar refractivity (Wildman–Crippen MR) is 86.5 cm³/mol. The van der Waals surface area contributed by atoms with Crippen LogP contribution in [0.5, 0.6) is 0 Å². The summed E-state index contributed by atoms with van der Waals surface area (Å²) in [5.74, 6) is -0.137. The van der Waals surface area contributed by atoms with Crippen molar-refractivity contribution in [3.05, 3.63) is 34.1 Å².